The first kappa shape index (κ1) is 58.2. The van der Waals surface area contributed by atoms with Gasteiger partial charge in [0.1, 0.15) is 36.6 Å². The molecule has 22 heteroatoms. The first-order chi connectivity index (χ1) is 35.0. The third kappa shape index (κ3) is 9.58. The molecular formula is C53H82O22. The highest BCUT2D eigenvalue weighted by atomic mass is 16.8. The van der Waals surface area contributed by atoms with E-state index in [1.54, 1.807) is 6.92 Å². The fourth-order valence-electron chi connectivity index (χ4n) is 15.9. The summed E-state index contributed by atoms with van der Waals surface area (Å²) in [6.45, 7) is 16.8. The number of hydrogen-bond donors (Lipinski definition) is 9. The minimum atomic E-state index is -1.99. The Morgan fingerprint density at radius 3 is 1.89 bits per heavy atom. The Balaban J connectivity index is 1.06. The quantitative estimate of drug-likeness (QED) is 0.0570. The maximum absolute atomic E-state index is 12.8. The molecule has 3 aliphatic heterocycles. The Morgan fingerprint density at radius 1 is 0.653 bits per heavy atom. The minimum absolute atomic E-state index is 0.0919. The number of carbonyl (C=O) groups excluding carboxylic acids is 3. The number of allylic oxidation sites excluding steroid dienone is 2. The number of hydrogen-bond acceptors (Lipinski definition) is 21. The molecule has 0 aromatic rings. The molecule has 3 heterocycles. The molecule has 22 nitrogen and oxygen atoms in total. The number of ether oxygens (including phenoxy) is 9. The number of carbonyl (C=O) groups is 4. The summed E-state index contributed by atoms with van der Waals surface area (Å²) in [6.07, 6.45) is -17.8. The fraction of sp³-hybridized carbons (Fsp3) is 0.887. The molecule has 0 bridgehead atoms. The molecule has 8 rings (SSSR count). The van der Waals surface area contributed by atoms with Crippen LogP contribution in [-0.4, -0.2) is 194 Å². The van der Waals surface area contributed by atoms with E-state index < -0.39 is 158 Å². The Morgan fingerprint density at radius 2 is 1.28 bits per heavy atom. The first-order valence-electron chi connectivity index (χ1n) is 26.6. The molecule has 26 atom stereocenters. The van der Waals surface area contributed by atoms with Crippen molar-refractivity contribution in [1.82, 2.24) is 0 Å². The SMILES string of the molecule is CC(=O)OC1C(C)OC(OC2C(O)C3(C)CCC4(C)C(=CCC5C6(C)CCC(OC7OC(C(=O)O)C(O)C(O)C7OC7OCC(O)C(O)C7O)C(C)(CO)C6CCC54C)C3CC2(C)CO)C(OC(C)=O)C1OC(C)=O. The molecule has 9 N–H and O–H groups in total. The topological polar surface area (TPSA) is 333 Å². The van der Waals surface area contributed by atoms with E-state index >= 15 is 0 Å². The standard InChI is InChI=1S/C53H82O22/c1-23-37(69-24(2)56)40(70-25(3)57)41(71-26(4)58)47(68-23)75-43-42(64)49(6)17-18-52(9)27(28(49)19-48(43,5)21-54)11-12-31-50(7)15-14-32(51(8,22-55)30(50)13-16-53(31,52)10)72-46-39(35(62)34(61)38(73-46)44(65)66)74-45-36(63)33(60)29(59)20-67-45/h11,23,28-43,45-47,54-55,59-64H,12-22H2,1-10H3,(H,65,66). The minimum Gasteiger partial charge on any atom is -0.479 e. The lowest BCUT2D eigenvalue weighted by Crippen LogP contribution is -2.69. The van der Waals surface area contributed by atoms with Gasteiger partial charge in [-0.15, -0.1) is 0 Å². The van der Waals surface area contributed by atoms with E-state index in [0.29, 0.717) is 44.9 Å². The van der Waals surface area contributed by atoms with Gasteiger partial charge in [-0.1, -0.05) is 53.2 Å². The van der Waals surface area contributed by atoms with Crippen LogP contribution < -0.4 is 0 Å². The highest BCUT2D eigenvalue weighted by molar-refractivity contribution is 5.73. The lowest BCUT2D eigenvalue weighted by Gasteiger charge is -2.72. The molecule has 26 unspecified atom stereocenters. The predicted molar refractivity (Wildman–Crippen MR) is 256 cm³/mol. The summed E-state index contributed by atoms with van der Waals surface area (Å²) < 4.78 is 53.7. The van der Waals surface area contributed by atoms with Gasteiger partial charge in [0.25, 0.3) is 0 Å². The third-order valence-electron chi connectivity index (χ3n) is 20.4. The van der Waals surface area contributed by atoms with Crippen LogP contribution in [0.5, 0.6) is 0 Å². The van der Waals surface area contributed by atoms with Gasteiger partial charge in [0.05, 0.1) is 44.2 Å². The average Bonchev–Trinajstić information content (AvgIpc) is 3.34. The molecule has 5 aliphatic carbocycles. The average molecular weight is 1070 g/mol. The Bertz CT molecular complexity index is 2180. The van der Waals surface area contributed by atoms with Gasteiger partial charge in [-0.3, -0.25) is 14.4 Å². The van der Waals surface area contributed by atoms with E-state index in [-0.39, 0.29) is 40.6 Å². The lowest BCUT2D eigenvalue weighted by molar-refractivity contribution is -0.367. The zero-order valence-electron chi connectivity index (χ0n) is 44.7. The van der Waals surface area contributed by atoms with Gasteiger partial charge in [0.15, 0.2) is 43.3 Å². The van der Waals surface area contributed by atoms with Crippen LogP contribution in [0, 0.1) is 50.2 Å². The van der Waals surface area contributed by atoms with Crippen LogP contribution >= 0.6 is 0 Å². The monoisotopic (exact) mass is 1070 g/mol. The zero-order valence-corrected chi connectivity index (χ0v) is 44.7. The maximum Gasteiger partial charge on any atom is 0.335 e. The van der Waals surface area contributed by atoms with Crippen LogP contribution in [0.2, 0.25) is 0 Å². The summed E-state index contributed by atoms with van der Waals surface area (Å²) in [5.74, 6) is -3.99. The normalized spacial score (nSPS) is 51.6. The van der Waals surface area contributed by atoms with Crippen molar-refractivity contribution in [3.05, 3.63) is 11.6 Å². The summed E-state index contributed by atoms with van der Waals surface area (Å²) in [6, 6.07) is 0. The number of carboxylic acids is 1. The van der Waals surface area contributed by atoms with Gasteiger partial charge in [0, 0.05) is 37.0 Å². The number of carboxylic acid groups (broad SMARTS) is 1. The summed E-state index contributed by atoms with van der Waals surface area (Å²) in [4.78, 5) is 49.5. The zero-order chi connectivity index (χ0) is 55.3. The van der Waals surface area contributed by atoms with E-state index in [4.69, 9.17) is 42.6 Å². The summed E-state index contributed by atoms with van der Waals surface area (Å²) in [5.41, 5.74) is -2.67. The lowest BCUT2D eigenvalue weighted by atomic mass is 9.33. The van der Waals surface area contributed by atoms with E-state index in [2.05, 4.69) is 26.8 Å². The van der Waals surface area contributed by atoms with Crippen molar-refractivity contribution in [2.24, 2.45) is 50.2 Å². The van der Waals surface area contributed by atoms with E-state index in [1.165, 1.54) is 26.3 Å². The largest absolute Gasteiger partial charge is 0.479 e. The first-order valence-corrected chi connectivity index (χ1v) is 26.6. The highest BCUT2D eigenvalue weighted by Crippen LogP contribution is 2.76. The Labute approximate surface area is 437 Å². The Hall–Kier alpha value is -2.94. The van der Waals surface area contributed by atoms with E-state index in [0.717, 1.165) is 6.42 Å². The van der Waals surface area contributed by atoms with Crippen LogP contribution in [0.4, 0.5) is 0 Å². The number of fused-ring (bicyclic) bond motifs is 7. The summed E-state index contributed by atoms with van der Waals surface area (Å²) in [5, 5.41) is 99.0. The fourth-order valence-corrected chi connectivity index (χ4v) is 15.9. The molecule has 0 spiro atoms. The Kier molecular flexibility index (Phi) is 16.3. The van der Waals surface area contributed by atoms with Gasteiger partial charge in [-0.25, -0.2) is 4.79 Å². The number of aliphatic hydroxyl groups is 8. The molecule has 75 heavy (non-hydrogen) atoms. The molecule has 0 amide bonds. The second-order valence-electron chi connectivity index (χ2n) is 24.7. The van der Waals surface area contributed by atoms with Crippen LogP contribution in [0.15, 0.2) is 11.6 Å². The number of esters is 3. The van der Waals surface area contributed by atoms with Crippen molar-refractivity contribution in [3.8, 4) is 0 Å². The summed E-state index contributed by atoms with van der Waals surface area (Å²) in [7, 11) is 0. The van der Waals surface area contributed by atoms with Gasteiger partial charge in [-0.05, 0) is 92.3 Å². The third-order valence-corrected chi connectivity index (χ3v) is 20.4. The van der Waals surface area contributed by atoms with Crippen LogP contribution in [0.3, 0.4) is 0 Å². The molecular weight excluding hydrogens is 989 g/mol. The molecule has 3 saturated heterocycles. The summed E-state index contributed by atoms with van der Waals surface area (Å²) >= 11 is 0. The molecule has 0 radical (unpaired) electrons. The van der Waals surface area contributed by atoms with Crippen molar-refractivity contribution in [1.29, 1.82) is 0 Å². The second kappa shape index (κ2) is 20.9. The molecule has 4 saturated carbocycles. The van der Waals surface area contributed by atoms with E-state index in [1.807, 2.05) is 20.8 Å². The number of rotatable bonds is 12. The van der Waals surface area contributed by atoms with Gasteiger partial charge in [-0.2, -0.15) is 0 Å². The molecule has 0 aromatic carbocycles. The molecule has 426 valence electrons. The van der Waals surface area contributed by atoms with Crippen molar-refractivity contribution < 1.29 is 108 Å². The number of aliphatic hydroxyl groups excluding tert-OH is 8. The van der Waals surface area contributed by atoms with Crippen molar-refractivity contribution in [3.63, 3.8) is 0 Å². The van der Waals surface area contributed by atoms with Gasteiger partial charge < -0.3 is 88.6 Å². The number of aliphatic carboxylic acids is 1. The molecule has 0 aromatic heterocycles. The van der Waals surface area contributed by atoms with Gasteiger partial charge >= 0.3 is 23.9 Å². The van der Waals surface area contributed by atoms with Crippen LogP contribution in [0.1, 0.15) is 121 Å². The maximum atomic E-state index is 12.8. The van der Waals surface area contributed by atoms with Crippen molar-refractivity contribution >= 4 is 23.9 Å². The van der Waals surface area contributed by atoms with Gasteiger partial charge in [0.2, 0.25) is 0 Å². The molecule has 8 aliphatic rings. The van der Waals surface area contributed by atoms with Crippen molar-refractivity contribution in [2.75, 3.05) is 19.8 Å². The smallest absolute Gasteiger partial charge is 0.335 e. The predicted octanol–water partition coefficient (Wildman–Crippen LogP) is 0.999. The highest BCUT2D eigenvalue weighted by Gasteiger charge is 2.71. The van der Waals surface area contributed by atoms with Crippen LogP contribution in [-0.2, 0) is 61.8 Å². The second-order valence-corrected chi connectivity index (χ2v) is 24.7. The van der Waals surface area contributed by atoms with Crippen molar-refractivity contribution in [2.45, 2.75) is 225 Å². The molecule has 7 fully saturated rings. The van der Waals surface area contributed by atoms with Crippen LogP contribution in [0.25, 0.3) is 0 Å². The van der Waals surface area contributed by atoms with E-state index in [9.17, 15) is 65.1 Å².